The highest BCUT2D eigenvalue weighted by Crippen LogP contribution is 2.29. The highest BCUT2D eigenvalue weighted by molar-refractivity contribution is 5.86. The van der Waals surface area contributed by atoms with Crippen molar-refractivity contribution in [3.05, 3.63) is 17.5 Å². The average Bonchev–Trinajstić information content (AvgIpc) is 2.57. The third-order valence-electron chi connectivity index (χ3n) is 2.80. The van der Waals surface area contributed by atoms with Crippen LogP contribution >= 0.6 is 0 Å². The minimum absolute atomic E-state index is 0.0946. The zero-order chi connectivity index (χ0) is 10.9. The van der Waals surface area contributed by atoms with E-state index in [2.05, 4.69) is 10.5 Å². The van der Waals surface area contributed by atoms with E-state index in [9.17, 15) is 4.79 Å². The van der Waals surface area contributed by atoms with Gasteiger partial charge in [-0.3, -0.25) is 4.79 Å². The highest BCUT2D eigenvalue weighted by Gasteiger charge is 2.39. The second kappa shape index (κ2) is 3.66. The summed E-state index contributed by atoms with van der Waals surface area (Å²) in [4.78, 5) is 11.6. The Balaban J connectivity index is 1.85. The fraction of sp³-hybridized carbons (Fsp3) is 0.600. The Morgan fingerprint density at radius 3 is 2.93 bits per heavy atom. The van der Waals surface area contributed by atoms with E-state index in [4.69, 9.17) is 10.3 Å². The zero-order valence-electron chi connectivity index (χ0n) is 8.75. The number of hydrogen-bond acceptors (Lipinski definition) is 4. The first-order valence-electron chi connectivity index (χ1n) is 5.09. The summed E-state index contributed by atoms with van der Waals surface area (Å²) in [7, 11) is 0. The molecule has 3 N–H and O–H groups in total. The van der Waals surface area contributed by atoms with Crippen molar-refractivity contribution < 1.29 is 9.32 Å². The summed E-state index contributed by atoms with van der Waals surface area (Å²) in [6, 6.07) is 1.80. The first-order chi connectivity index (χ1) is 7.10. The van der Waals surface area contributed by atoms with Gasteiger partial charge in [0.2, 0.25) is 5.91 Å². The maximum atomic E-state index is 11.6. The van der Waals surface area contributed by atoms with Crippen molar-refractivity contribution in [3.63, 3.8) is 0 Å². The van der Waals surface area contributed by atoms with Gasteiger partial charge in [-0.1, -0.05) is 5.16 Å². The smallest absolute Gasteiger partial charge is 0.240 e. The molecule has 1 aromatic heterocycles. The largest absolute Gasteiger partial charge is 0.359 e. The summed E-state index contributed by atoms with van der Waals surface area (Å²) in [5.41, 5.74) is 6.02. The van der Waals surface area contributed by atoms with Crippen molar-refractivity contribution in [2.24, 2.45) is 5.73 Å². The van der Waals surface area contributed by atoms with E-state index in [1.807, 2.05) is 6.92 Å². The Kier molecular flexibility index (Phi) is 2.48. The number of aromatic nitrogens is 1. The van der Waals surface area contributed by atoms with Gasteiger partial charge in [0.05, 0.1) is 17.8 Å². The topological polar surface area (TPSA) is 81.2 Å². The first-order valence-corrected chi connectivity index (χ1v) is 5.09. The van der Waals surface area contributed by atoms with Crippen LogP contribution in [-0.4, -0.2) is 16.6 Å². The molecule has 0 saturated heterocycles. The van der Waals surface area contributed by atoms with Crippen LogP contribution in [-0.2, 0) is 11.3 Å². The molecular formula is C10H15N3O2. The van der Waals surface area contributed by atoms with E-state index in [0.717, 1.165) is 25.0 Å². The SMILES string of the molecule is Cc1cc(CNC(=O)C2(N)CCC2)on1. The number of hydrogen-bond donors (Lipinski definition) is 2. The van der Waals surface area contributed by atoms with E-state index in [1.165, 1.54) is 0 Å². The number of aryl methyl sites for hydroxylation is 1. The Morgan fingerprint density at radius 1 is 1.73 bits per heavy atom. The third-order valence-corrected chi connectivity index (χ3v) is 2.80. The minimum Gasteiger partial charge on any atom is -0.359 e. The van der Waals surface area contributed by atoms with E-state index < -0.39 is 5.54 Å². The Hall–Kier alpha value is -1.36. The molecule has 1 heterocycles. The summed E-state index contributed by atoms with van der Waals surface area (Å²) >= 11 is 0. The second-order valence-corrected chi connectivity index (χ2v) is 4.13. The predicted octanol–water partition coefficient (Wildman–Crippen LogP) is 0.481. The number of nitrogens with one attached hydrogen (secondary N) is 1. The van der Waals surface area contributed by atoms with Gasteiger partial charge in [0.15, 0.2) is 5.76 Å². The van der Waals surface area contributed by atoms with Crippen LogP contribution in [0.1, 0.15) is 30.7 Å². The van der Waals surface area contributed by atoms with Crippen LogP contribution in [0.2, 0.25) is 0 Å². The summed E-state index contributed by atoms with van der Waals surface area (Å²) in [5, 5.41) is 6.49. The van der Waals surface area contributed by atoms with E-state index >= 15 is 0 Å². The monoisotopic (exact) mass is 209 g/mol. The van der Waals surface area contributed by atoms with Crippen molar-refractivity contribution in [2.45, 2.75) is 38.3 Å². The van der Waals surface area contributed by atoms with Crippen LogP contribution in [0, 0.1) is 6.92 Å². The Bertz CT molecular complexity index is 368. The van der Waals surface area contributed by atoms with Crippen molar-refractivity contribution in [2.75, 3.05) is 0 Å². The van der Waals surface area contributed by atoms with Gasteiger partial charge in [-0.2, -0.15) is 0 Å². The van der Waals surface area contributed by atoms with Gasteiger partial charge < -0.3 is 15.6 Å². The lowest BCUT2D eigenvalue weighted by Gasteiger charge is -2.35. The number of amides is 1. The Morgan fingerprint density at radius 2 is 2.47 bits per heavy atom. The number of rotatable bonds is 3. The van der Waals surface area contributed by atoms with Crippen molar-refractivity contribution in [1.29, 1.82) is 0 Å². The Labute approximate surface area is 88.0 Å². The van der Waals surface area contributed by atoms with Gasteiger partial charge in [-0.05, 0) is 26.2 Å². The van der Waals surface area contributed by atoms with E-state index in [1.54, 1.807) is 6.07 Å². The van der Waals surface area contributed by atoms with E-state index in [-0.39, 0.29) is 5.91 Å². The lowest BCUT2D eigenvalue weighted by atomic mass is 9.77. The van der Waals surface area contributed by atoms with Gasteiger partial charge in [0.1, 0.15) is 0 Å². The van der Waals surface area contributed by atoms with Crippen LogP contribution in [0.25, 0.3) is 0 Å². The van der Waals surface area contributed by atoms with Gasteiger partial charge in [0, 0.05) is 6.07 Å². The lowest BCUT2D eigenvalue weighted by Crippen LogP contribution is -2.58. The highest BCUT2D eigenvalue weighted by atomic mass is 16.5. The molecule has 0 spiro atoms. The molecule has 1 aliphatic carbocycles. The summed E-state index contributed by atoms with van der Waals surface area (Å²) < 4.78 is 4.97. The molecule has 2 rings (SSSR count). The van der Waals surface area contributed by atoms with Crippen LogP contribution in [0.4, 0.5) is 0 Å². The summed E-state index contributed by atoms with van der Waals surface area (Å²) in [6.45, 7) is 2.20. The fourth-order valence-corrected chi connectivity index (χ4v) is 1.63. The van der Waals surface area contributed by atoms with Crippen molar-refractivity contribution >= 4 is 5.91 Å². The molecule has 1 amide bonds. The minimum atomic E-state index is -0.644. The second-order valence-electron chi connectivity index (χ2n) is 4.13. The van der Waals surface area contributed by atoms with Gasteiger partial charge in [-0.15, -0.1) is 0 Å². The summed E-state index contributed by atoms with van der Waals surface area (Å²) in [6.07, 6.45) is 2.58. The normalized spacial score (nSPS) is 18.3. The zero-order valence-corrected chi connectivity index (χ0v) is 8.75. The van der Waals surface area contributed by atoms with Crippen molar-refractivity contribution in [3.8, 4) is 0 Å². The lowest BCUT2D eigenvalue weighted by molar-refractivity contribution is -0.129. The molecule has 5 nitrogen and oxygen atoms in total. The molecular weight excluding hydrogens is 194 g/mol. The van der Waals surface area contributed by atoms with E-state index in [0.29, 0.717) is 12.3 Å². The predicted molar refractivity (Wildman–Crippen MR) is 53.9 cm³/mol. The van der Waals surface area contributed by atoms with Crippen LogP contribution in [0.15, 0.2) is 10.6 Å². The molecule has 0 aromatic carbocycles. The molecule has 0 bridgehead atoms. The number of carbonyl (C=O) groups is 1. The van der Waals surface area contributed by atoms with Gasteiger partial charge >= 0.3 is 0 Å². The van der Waals surface area contributed by atoms with Gasteiger partial charge in [0.25, 0.3) is 0 Å². The molecule has 5 heteroatoms. The molecule has 1 aromatic rings. The standard InChI is InChI=1S/C10H15N3O2/c1-7-5-8(15-13-7)6-12-9(14)10(11)3-2-4-10/h5H,2-4,6,11H2,1H3,(H,12,14). The molecule has 0 unspecified atom stereocenters. The van der Waals surface area contributed by atoms with Crippen LogP contribution in [0.5, 0.6) is 0 Å². The van der Waals surface area contributed by atoms with Gasteiger partial charge in [-0.25, -0.2) is 0 Å². The maximum Gasteiger partial charge on any atom is 0.240 e. The first kappa shape index (κ1) is 10.2. The molecule has 1 saturated carbocycles. The molecule has 1 aliphatic rings. The molecule has 0 radical (unpaired) electrons. The van der Waals surface area contributed by atoms with Crippen LogP contribution < -0.4 is 11.1 Å². The average molecular weight is 209 g/mol. The molecule has 82 valence electrons. The van der Waals surface area contributed by atoms with Crippen LogP contribution in [0.3, 0.4) is 0 Å². The fourth-order valence-electron chi connectivity index (χ4n) is 1.63. The maximum absolute atomic E-state index is 11.6. The molecule has 1 fully saturated rings. The quantitative estimate of drug-likeness (QED) is 0.758. The molecule has 0 atom stereocenters. The third kappa shape index (κ3) is 2.02. The number of nitrogens with two attached hydrogens (primary N) is 1. The molecule has 0 aliphatic heterocycles. The van der Waals surface area contributed by atoms with Crippen molar-refractivity contribution in [1.82, 2.24) is 10.5 Å². The summed E-state index contributed by atoms with van der Waals surface area (Å²) in [5.74, 6) is 0.562. The molecule has 15 heavy (non-hydrogen) atoms. The number of nitrogens with zero attached hydrogens (tertiary/aromatic N) is 1. The number of carbonyl (C=O) groups excluding carboxylic acids is 1.